The van der Waals surface area contributed by atoms with Gasteiger partial charge in [-0.2, -0.15) is 0 Å². The average molecular weight is 196 g/mol. The van der Waals surface area contributed by atoms with Gasteiger partial charge in [0.2, 0.25) is 0 Å². The van der Waals surface area contributed by atoms with Gasteiger partial charge in [-0.25, -0.2) is 4.98 Å². The molecular formula is C10H16N2S. The van der Waals surface area contributed by atoms with E-state index in [-0.39, 0.29) is 0 Å². The Balaban J connectivity index is 1.77. The van der Waals surface area contributed by atoms with Gasteiger partial charge >= 0.3 is 0 Å². The van der Waals surface area contributed by atoms with Crippen LogP contribution in [0.3, 0.4) is 0 Å². The molecule has 1 atom stereocenters. The lowest BCUT2D eigenvalue weighted by Crippen LogP contribution is -2.29. The monoisotopic (exact) mass is 196 g/mol. The van der Waals surface area contributed by atoms with E-state index in [0.717, 1.165) is 18.5 Å². The summed E-state index contributed by atoms with van der Waals surface area (Å²) < 4.78 is 0. The van der Waals surface area contributed by atoms with Crippen molar-refractivity contribution in [1.82, 2.24) is 10.3 Å². The summed E-state index contributed by atoms with van der Waals surface area (Å²) in [5, 5.41) is 5.70. The van der Waals surface area contributed by atoms with Gasteiger partial charge in [-0.05, 0) is 25.2 Å². The zero-order valence-electron chi connectivity index (χ0n) is 7.99. The molecule has 1 aromatic rings. The third-order valence-electron chi connectivity index (χ3n) is 2.66. The SMILES string of the molecule is CCC(NCc1cscn1)C1CC1. The van der Waals surface area contributed by atoms with Crippen molar-refractivity contribution >= 4 is 11.3 Å². The summed E-state index contributed by atoms with van der Waals surface area (Å²) in [5.74, 6) is 0.948. The van der Waals surface area contributed by atoms with Crippen LogP contribution in [0.25, 0.3) is 0 Å². The molecule has 0 saturated heterocycles. The van der Waals surface area contributed by atoms with E-state index < -0.39 is 0 Å². The first kappa shape index (κ1) is 9.16. The first-order valence-electron chi connectivity index (χ1n) is 5.00. The fraction of sp³-hybridized carbons (Fsp3) is 0.700. The van der Waals surface area contributed by atoms with Crippen LogP contribution in [-0.2, 0) is 6.54 Å². The normalized spacial score (nSPS) is 18.8. The quantitative estimate of drug-likeness (QED) is 0.782. The van der Waals surface area contributed by atoms with Crippen molar-refractivity contribution in [2.75, 3.05) is 0 Å². The van der Waals surface area contributed by atoms with Crippen molar-refractivity contribution in [2.24, 2.45) is 5.92 Å². The minimum atomic E-state index is 0.724. The van der Waals surface area contributed by atoms with Crippen molar-refractivity contribution in [2.45, 2.75) is 38.8 Å². The molecule has 0 radical (unpaired) electrons. The lowest BCUT2D eigenvalue weighted by molar-refractivity contribution is 0.447. The lowest BCUT2D eigenvalue weighted by Gasteiger charge is -2.14. The molecule has 1 N–H and O–H groups in total. The summed E-state index contributed by atoms with van der Waals surface area (Å²) in [6, 6.07) is 0.724. The highest BCUT2D eigenvalue weighted by Crippen LogP contribution is 2.33. The van der Waals surface area contributed by atoms with E-state index in [0.29, 0.717) is 0 Å². The topological polar surface area (TPSA) is 24.9 Å². The fourth-order valence-electron chi connectivity index (χ4n) is 1.70. The van der Waals surface area contributed by atoms with Gasteiger partial charge in [0, 0.05) is 18.0 Å². The highest BCUT2D eigenvalue weighted by atomic mass is 32.1. The number of thiazole rings is 1. The fourth-order valence-corrected chi connectivity index (χ4v) is 2.26. The Morgan fingerprint density at radius 2 is 2.54 bits per heavy atom. The van der Waals surface area contributed by atoms with Crippen LogP contribution in [-0.4, -0.2) is 11.0 Å². The molecule has 1 saturated carbocycles. The van der Waals surface area contributed by atoms with Crippen LogP contribution in [0.15, 0.2) is 10.9 Å². The smallest absolute Gasteiger partial charge is 0.0795 e. The second-order valence-electron chi connectivity index (χ2n) is 3.71. The maximum absolute atomic E-state index is 4.26. The van der Waals surface area contributed by atoms with E-state index in [2.05, 4.69) is 22.6 Å². The Bertz CT molecular complexity index is 241. The van der Waals surface area contributed by atoms with Crippen LogP contribution in [0.1, 0.15) is 31.9 Å². The van der Waals surface area contributed by atoms with Gasteiger partial charge in [0.05, 0.1) is 11.2 Å². The van der Waals surface area contributed by atoms with Gasteiger partial charge in [-0.3, -0.25) is 0 Å². The van der Waals surface area contributed by atoms with Gasteiger partial charge in [-0.1, -0.05) is 6.92 Å². The number of hydrogen-bond donors (Lipinski definition) is 1. The average Bonchev–Trinajstić information content (AvgIpc) is 2.84. The molecule has 72 valence electrons. The van der Waals surface area contributed by atoms with Gasteiger partial charge in [0.15, 0.2) is 0 Å². The van der Waals surface area contributed by atoms with E-state index in [4.69, 9.17) is 0 Å². The van der Waals surface area contributed by atoms with Gasteiger partial charge in [0.25, 0.3) is 0 Å². The Morgan fingerprint density at radius 1 is 1.69 bits per heavy atom. The number of rotatable bonds is 5. The molecule has 1 aromatic heterocycles. The van der Waals surface area contributed by atoms with Gasteiger partial charge in [0.1, 0.15) is 0 Å². The standard InChI is InChI=1S/C10H16N2S/c1-2-10(8-3-4-8)11-5-9-6-13-7-12-9/h6-8,10-11H,2-5H2,1H3. The summed E-state index contributed by atoms with van der Waals surface area (Å²) >= 11 is 1.67. The molecule has 0 bridgehead atoms. The molecule has 0 spiro atoms. The van der Waals surface area contributed by atoms with Crippen LogP contribution in [0.5, 0.6) is 0 Å². The van der Waals surface area contributed by atoms with E-state index >= 15 is 0 Å². The minimum absolute atomic E-state index is 0.724. The lowest BCUT2D eigenvalue weighted by atomic mass is 10.1. The largest absolute Gasteiger partial charge is 0.308 e. The molecule has 2 rings (SSSR count). The molecule has 0 aliphatic heterocycles. The van der Waals surface area contributed by atoms with Crippen LogP contribution in [0.2, 0.25) is 0 Å². The molecular weight excluding hydrogens is 180 g/mol. The summed E-state index contributed by atoms with van der Waals surface area (Å²) in [6.45, 7) is 3.20. The van der Waals surface area contributed by atoms with Crippen LogP contribution in [0.4, 0.5) is 0 Å². The predicted octanol–water partition coefficient (Wildman–Crippen LogP) is 2.42. The molecule has 1 aliphatic carbocycles. The predicted molar refractivity (Wildman–Crippen MR) is 55.8 cm³/mol. The van der Waals surface area contributed by atoms with Gasteiger partial charge < -0.3 is 5.32 Å². The third-order valence-corrected chi connectivity index (χ3v) is 3.29. The summed E-state index contributed by atoms with van der Waals surface area (Å²) in [7, 11) is 0. The summed E-state index contributed by atoms with van der Waals surface area (Å²) in [5.41, 5.74) is 3.08. The molecule has 1 heterocycles. The zero-order chi connectivity index (χ0) is 9.10. The van der Waals surface area contributed by atoms with Crippen LogP contribution < -0.4 is 5.32 Å². The van der Waals surface area contributed by atoms with Crippen molar-refractivity contribution < 1.29 is 0 Å². The van der Waals surface area contributed by atoms with E-state index in [1.807, 2.05) is 5.51 Å². The van der Waals surface area contributed by atoms with Crippen molar-refractivity contribution in [3.63, 3.8) is 0 Å². The van der Waals surface area contributed by atoms with Crippen LogP contribution in [0, 0.1) is 5.92 Å². The second-order valence-corrected chi connectivity index (χ2v) is 4.43. The molecule has 0 amide bonds. The molecule has 2 nitrogen and oxygen atoms in total. The first-order chi connectivity index (χ1) is 6.40. The van der Waals surface area contributed by atoms with Gasteiger partial charge in [-0.15, -0.1) is 11.3 Å². The molecule has 1 aliphatic rings. The van der Waals surface area contributed by atoms with E-state index in [1.165, 1.54) is 25.0 Å². The zero-order valence-corrected chi connectivity index (χ0v) is 8.81. The highest BCUT2D eigenvalue weighted by molar-refractivity contribution is 7.07. The minimum Gasteiger partial charge on any atom is -0.308 e. The number of nitrogens with zero attached hydrogens (tertiary/aromatic N) is 1. The summed E-state index contributed by atoms with van der Waals surface area (Å²) in [6.07, 6.45) is 4.08. The summed E-state index contributed by atoms with van der Waals surface area (Å²) in [4.78, 5) is 4.26. The Hall–Kier alpha value is -0.410. The van der Waals surface area contributed by atoms with Crippen LogP contribution >= 0.6 is 11.3 Å². The third kappa shape index (κ3) is 2.51. The highest BCUT2D eigenvalue weighted by Gasteiger charge is 2.29. The number of nitrogens with one attached hydrogen (secondary N) is 1. The van der Waals surface area contributed by atoms with Crippen molar-refractivity contribution in [1.29, 1.82) is 0 Å². The van der Waals surface area contributed by atoms with Crippen molar-refractivity contribution in [3.8, 4) is 0 Å². The van der Waals surface area contributed by atoms with E-state index in [9.17, 15) is 0 Å². The molecule has 13 heavy (non-hydrogen) atoms. The Morgan fingerprint density at radius 3 is 3.08 bits per heavy atom. The maximum Gasteiger partial charge on any atom is 0.0795 e. The molecule has 3 heteroatoms. The van der Waals surface area contributed by atoms with Crippen molar-refractivity contribution in [3.05, 3.63) is 16.6 Å². The molecule has 1 fully saturated rings. The van der Waals surface area contributed by atoms with E-state index in [1.54, 1.807) is 11.3 Å². The number of aromatic nitrogens is 1. The first-order valence-corrected chi connectivity index (χ1v) is 5.95. The number of hydrogen-bond acceptors (Lipinski definition) is 3. The Labute approximate surface area is 83.4 Å². The molecule has 1 unspecified atom stereocenters. The maximum atomic E-state index is 4.26. The molecule has 0 aromatic carbocycles. The Kier molecular flexibility index (Phi) is 2.96. The second kappa shape index (κ2) is 4.20.